The second kappa shape index (κ2) is 9.00. The molecule has 0 spiro atoms. The van der Waals surface area contributed by atoms with Crippen LogP contribution in [0.4, 0.5) is 5.13 Å². The van der Waals surface area contributed by atoms with E-state index in [2.05, 4.69) is 15.5 Å². The fraction of sp³-hybridized carbons (Fsp3) is 0.333. The predicted molar refractivity (Wildman–Crippen MR) is 94.6 cm³/mol. The molecule has 8 heteroatoms. The Morgan fingerprint density at radius 3 is 2.70 bits per heavy atom. The molecule has 0 saturated carbocycles. The van der Waals surface area contributed by atoms with Gasteiger partial charge < -0.3 is 5.32 Å². The van der Waals surface area contributed by atoms with Gasteiger partial charge in [-0.25, -0.2) is 0 Å². The molecule has 1 aromatic carbocycles. The number of nitrogens with one attached hydrogen (secondary N) is 1. The van der Waals surface area contributed by atoms with Gasteiger partial charge in [-0.05, 0) is 30.7 Å². The van der Waals surface area contributed by atoms with Crippen LogP contribution in [0.2, 0.25) is 5.02 Å². The number of unbranched alkanes of at least 4 members (excludes halogenated alkanes) is 1. The maximum Gasteiger partial charge on any atom is 0.226 e. The average molecular weight is 370 g/mol. The van der Waals surface area contributed by atoms with E-state index in [4.69, 9.17) is 11.6 Å². The number of halogens is 1. The van der Waals surface area contributed by atoms with Gasteiger partial charge in [-0.3, -0.25) is 9.59 Å². The van der Waals surface area contributed by atoms with Crippen LogP contribution in [0, 0.1) is 0 Å². The quantitative estimate of drug-likeness (QED) is 0.426. The second-order valence-corrected chi connectivity index (χ2v) is 7.38. The molecule has 2 aromatic rings. The van der Waals surface area contributed by atoms with E-state index in [1.807, 2.05) is 6.92 Å². The second-order valence-electron chi connectivity index (χ2n) is 4.74. The van der Waals surface area contributed by atoms with Gasteiger partial charge in [-0.15, -0.1) is 10.2 Å². The average Bonchev–Trinajstić information content (AvgIpc) is 2.98. The van der Waals surface area contributed by atoms with Gasteiger partial charge in [0.05, 0.1) is 5.75 Å². The van der Waals surface area contributed by atoms with E-state index in [-0.39, 0.29) is 17.4 Å². The zero-order chi connectivity index (χ0) is 16.7. The first-order chi connectivity index (χ1) is 11.1. The summed E-state index contributed by atoms with van der Waals surface area (Å²) in [5.74, 6) is 0.201. The fourth-order valence-electron chi connectivity index (χ4n) is 1.68. The minimum absolute atomic E-state index is 0.00426. The SMILES string of the molecule is CCCCC(=O)Nc1nnc(SCC(=O)c2ccc(Cl)cc2)s1. The van der Waals surface area contributed by atoms with Gasteiger partial charge in [-0.2, -0.15) is 0 Å². The van der Waals surface area contributed by atoms with Crippen LogP contribution in [0.3, 0.4) is 0 Å². The van der Waals surface area contributed by atoms with E-state index < -0.39 is 0 Å². The molecular formula is C15H16ClN3O2S2. The Balaban J connectivity index is 1.83. The Kier molecular flexibility index (Phi) is 7.01. The van der Waals surface area contributed by atoms with Crippen molar-refractivity contribution in [1.82, 2.24) is 10.2 Å². The maximum absolute atomic E-state index is 12.1. The van der Waals surface area contributed by atoms with E-state index in [0.29, 0.717) is 26.5 Å². The molecule has 0 fully saturated rings. The molecule has 0 unspecified atom stereocenters. The number of amides is 1. The molecule has 122 valence electrons. The van der Waals surface area contributed by atoms with Crippen molar-refractivity contribution in [1.29, 1.82) is 0 Å². The molecular weight excluding hydrogens is 354 g/mol. The van der Waals surface area contributed by atoms with Gasteiger partial charge in [0.15, 0.2) is 10.1 Å². The normalized spacial score (nSPS) is 10.5. The minimum Gasteiger partial charge on any atom is -0.301 e. The topological polar surface area (TPSA) is 72.0 Å². The number of aromatic nitrogens is 2. The Labute approximate surface area is 147 Å². The zero-order valence-corrected chi connectivity index (χ0v) is 14.9. The number of ketones is 1. The molecule has 1 aromatic heterocycles. The number of thioether (sulfide) groups is 1. The molecule has 1 N–H and O–H groups in total. The van der Waals surface area contributed by atoms with E-state index in [0.717, 1.165) is 12.8 Å². The summed E-state index contributed by atoms with van der Waals surface area (Å²) in [7, 11) is 0. The van der Waals surface area contributed by atoms with Gasteiger partial charge in [-0.1, -0.05) is 48.0 Å². The van der Waals surface area contributed by atoms with Crippen molar-refractivity contribution in [3.63, 3.8) is 0 Å². The van der Waals surface area contributed by atoms with Crippen molar-refractivity contribution in [2.45, 2.75) is 30.5 Å². The number of rotatable bonds is 8. The molecule has 23 heavy (non-hydrogen) atoms. The number of hydrogen-bond donors (Lipinski definition) is 1. The lowest BCUT2D eigenvalue weighted by Crippen LogP contribution is -2.10. The van der Waals surface area contributed by atoms with Crippen LogP contribution in [0.15, 0.2) is 28.6 Å². The molecule has 0 radical (unpaired) electrons. The first-order valence-electron chi connectivity index (χ1n) is 7.13. The lowest BCUT2D eigenvalue weighted by atomic mass is 10.1. The van der Waals surface area contributed by atoms with Gasteiger partial charge in [0, 0.05) is 17.0 Å². The summed E-state index contributed by atoms with van der Waals surface area (Å²) in [5.41, 5.74) is 0.611. The van der Waals surface area contributed by atoms with Crippen molar-refractivity contribution in [3.8, 4) is 0 Å². The highest BCUT2D eigenvalue weighted by molar-refractivity contribution is 8.01. The Bertz CT molecular complexity index is 674. The summed E-state index contributed by atoms with van der Waals surface area (Å²) in [6.07, 6.45) is 2.30. The lowest BCUT2D eigenvalue weighted by Gasteiger charge is -1.99. The van der Waals surface area contributed by atoms with Crippen LogP contribution in [0.5, 0.6) is 0 Å². The highest BCUT2D eigenvalue weighted by atomic mass is 35.5. The van der Waals surface area contributed by atoms with Gasteiger partial charge >= 0.3 is 0 Å². The summed E-state index contributed by atoms with van der Waals surface area (Å²) >= 11 is 8.37. The standard InChI is InChI=1S/C15H16ClN3O2S2/c1-2-3-4-13(21)17-14-18-19-15(23-14)22-9-12(20)10-5-7-11(16)8-6-10/h5-8H,2-4,9H2,1H3,(H,17,18,21). The summed E-state index contributed by atoms with van der Waals surface area (Å²) < 4.78 is 0.651. The summed E-state index contributed by atoms with van der Waals surface area (Å²) in [6, 6.07) is 6.78. The molecule has 0 saturated heterocycles. The zero-order valence-electron chi connectivity index (χ0n) is 12.5. The number of hydrogen-bond acceptors (Lipinski definition) is 6. The molecule has 1 heterocycles. The number of carbonyl (C=O) groups excluding carboxylic acids is 2. The van der Waals surface area contributed by atoms with Crippen LogP contribution in [-0.2, 0) is 4.79 Å². The first-order valence-corrected chi connectivity index (χ1v) is 9.31. The van der Waals surface area contributed by atoms with Crippen LogP contribution in [0.25, 0.3) is 0 Å². The third kappa shape index (κ3) is 5.93. The number of nitrogens with zero attached hydrogens (tertiary/aromatic N) is 2. The highest BCUT2D eigenvalue weighted by Crippen LogP contribution is 2.26. The third-order valence-corrected chi connectivity index (χ3v) is 5.13. The molecule has 5 nitrogen and oxygen atoms in total. The van der Waals surface area contributed by atoms with Crippen molar-refractivity contribution in [2.75, 3.05) is 11.1 Å². The minimum atomic E-state index is -0.0585. The van der Waals surface area contributed by atoms with Gasteiger partial charge in [0.25, 0.3) is 0 Å². The van der Waals surface area contributed by atoms with Crippen molar-refractivity contribution < 1.29 is 9.59 Å². The van der Waals surface area contributed by atoms with E-state index in [9.17, 15) is 9.59 Å². The highest BCUT2D eigenvalue weighted by Gasteiger charge is 2.11. The van der Waals surface area contributed by atoms with Gasteiger partial charge in [0.2, 0.25) is 11.0 Å². The molecule has 0 aliphatic rings. The van der Waals surface area contributed by atoms with Crippen LogP contribution >= 0.6 is 34.7 Å². The molecule has 0 atom stereocenters. The van der Waals surface area contributed by atoms with Crippen LogP contribution in [-0.4, -0.2) is 27.6 Å². The van der Waals surface area contributed by atoms with E-state index >= 15 is 0 Å². The third-order valence-electron chi connectivity index (χ3n) is 2.90. The number of benzene rings is 1. The summed E-state index contributed by atoms with van der Waals surface area (Å²) in [6.45, 7) is 2.03. The largest absolute Gasteiger partial charge is 0.301 e. The molecule has 2 rings (SSSR count). The number of Topliss-reactive ketones (excluding diaryl/α,β-unsaturated/α-hetero) is 1. The van der Waals surface area contributed by atoms with Crippen molar-refractivity contribution in [3.05, 3.63) is 34.9 Å². The van der Waals surface area contributed by atoms with Gasteiger partial charge in [0.1, 0.15) is 0 Å². The Hall–Kier alpha value is -1.44. The maximum atomic E-state index is 12.1. The van der Waals surface area contributed by atoms with Crippen molar-refractivity contribution >= 4 is 51.5 Å². The van der Waals surface area contributed by atoms with E-state index in [1.165, 1.54) is 23.1 Å². The lowest BCUT2D eigenvalue weighted by molar-refractivity contribution is -0.116. The van der Waals surface area contributed by atoms with Crippen molar-refractivity contribution in [2.24, 2.45) is 0 Å². The van der Waals surface area contributed by atoms with E-state index in [1.54, 1.807) is 24.3 Å². The fourth-order valence-corrected chi connectivity index (χ4v) is 3.47. The summed E-state index contributed by atoms with van der Waals surface area (Å²) in [5, 5.41) is 11.7. The summed E-state index contributed by atoms with van der Waals surface area (Å²) in [4.78, 5) is 23.7. The van der Waals surface area contributed by atoms with Crippen LogP contribution < -0.4 is 5.32 Å². The predicted octanol–water partition coefficient (Wildman–Crippen LogP) is 4.30. The monoisotopic (exact) mass is 369 g/mol. The molecule has 0 aliphatic carbocycles. The molecule has 0 bridgehead atoms. The smallest absolute Gasteiger partial charge is 0.226 e. The number of anilines is 1. The molecule has 1 amide bonds. The Morgan fingerprint density at radius 2 is 2.00 bits per heavy atom. The number of carbonyl (C=O) groups is 2. The first kappa shape index (κ1) is 17.9. The van der Waals surface area contributed by atoms with Crippen LogP contribution in [0.1, 0.15) is 36.5 Å². The molecule has 0 aliphatic heterocycles. The Morgan fingerprint density at radius 1 is 1.26 bits per heavy atom.